The molecular weight excluding hydrogens is 194 g/mol. The molecule has 0 amide bonds. The molecule has 1 aromatic rings. The number of halogens is 1. The van der Waals surface area contributed by atoms with E-state index in [1.54, 1.807) is 0 Å². The lowest BCUT2D eigenvalue weighted by Gasteiger charge is -2.19. The van der Waals surface area contributed by atoms with Gasteiger partial charge in [0.1, 0.15) is 0 Å². The van der Waals surface area contributed by atoms with Crippen LogP contribution in [0.15, 0.2) is 24.3 Å². The van der Waals surface area contributed by atoms with E-state index < -0.39 is 0 Å². The largest absolute Gasteiger partial charge is 0.316 e. The van der Waals surface area contributed by atoms with Crippen LogP contribution < -0.4 is 5.32 Å². The van der Waals surface area contributed by atoms with Gasteiger partial charge in [0.15, 0.2) is 0 Å². The van der Waals surface area contributed by atoms with E-state index in [9.17, 15) is 0 Å². The maximum absolute atomic E-state index is 5.87. The minimum absolute atomic E-state index is 0.649. The van der Waals surface area contributed by atoms with Gasteiger partial charge in [-0.1, -0.05) is 30.2 Å². The first-order valence-electron chi connectivity index (χ1n) is 5.24. The van der Waals surface area contributed by atoms with E-state index in [1.165, 1.54) is 24.8 Å². The zero-order valence-corrected chi connectivity index (χ0v) is 9.22. The van der Waals surface area contributed by atoms with E-state index in [0.29, 0.717) is 12.0 Å². The summed E-state index contributed by atoms with van der Waals surface area (Å²) < 4.78 is 0. The predicted octanol–water partition coefficient (Wildman–Crippen LogP) is 3.20. The molecule has 0 saturated heterocycles. The van der Waals surface area contributed by atoms with E-state index in [-0.39, 0.29) is 0 Å². The summed E-state index contributed by atoms with van der Waals surface area (Å²) in [6.45, 7) is 0. The lowest BCUT2D eigenvalue weighted by molar-refractivity contribution is 0.522. The third-order valence-electron chi connectivity index (χ3n) is 3.18. The SMILES string of the molecule is CNC1CCCC1c1ccc(Cl)cc1. The van der Waals surface area contributed by atoms with Crippen molar-refractivity contribution < 1.29 is 0 Å². The van der Waals surface area contributed by atoms with Crippen molar-refractivity contribution in [1.29, 1.82) is 0 Å². The first-order chi connectivity index (χ1) is 6.81. The summed E-state index contributed by atoms with van der Waals surface area (Å²) in [5.74, 6) is 0.678. The second kappa shape index (κ2) is 4.33. The average Bonchev–Trinajstić information content (AvgIpc) is 2.67. The van der Waals surface area contributed by atoms with Crippen molar-refractivity contribution in [2.75, 3.05) is 7.05 Å². The van der Waals surface area contributed by atoms with E-state index in [2.05, 4.69) is 24.5 Å². The molecule has 2 heteroatoms. The molecule has 0 aromatic heterocycles. The van der Waals surface area contributed by atoms with Crippen LogP contribution in [-0.2, 0) is 0 Å². The highest BCUT2D eigenvalue weighted by Crippen LogP contribution is 2.34. The van der Waals surface area contributed by atoms with Crippen molar-refractivity contribution in [3.05, 3.63) is 34.9 Å². The molecule has 1 aromatic carbocycles. The van der Waals surface area contributed by atoms with Gasteiger partial charge in [-0.05, 0) is 43.5 Å². The summed E-state index contributed by atoms with van der Waals surface area (Å²) in [4.78, 5) is 0. The molecule has 1 saturated carbocycles. The average molecular weight is 210 g/mol. The van der Waals surface area contributed by atoms with E-state index in [4.69, 9.17) is 11.6 Å². The standard InChI is InChI=1S/C12H16ClN/c1-14-12-4-2-3-11(12)9-5-7-10(13)8-6-9/h5-8,11-12,14H,2-4H2,1H3. The third-order valence-corrected chi connectivity index (χ3v) is 3.44. The van der Waals surface area contributed by atoms with Crippen molar-refractivity contribution in [3.8, 4) is 0 Å². The molecule has 0 bridgehead atoms. The van der Waals surface area contributed by atoms with Gasteiger partial charge in [0, 0.05) is 11.1 Å². The minimum Gasteiger partial charge on any atom is -0.316 e. The number of benzene rings is 1. The van der Waals surface area contributed by atoms with E-state index in [1.807, 2.05) is 12.1 Å². The van der Waals surface area contributed by atoms with Gasteiger partial charge in [-0.25, -0.2) is 0 Å². The molecule has 0 radical (unpaired) electrons. The minimum atomic E-state index is 0.649. The van der Waals surface area contributed by atoms with Crippen molar-refractivity contribution in [2.24, 2.45) is 0 Å². The summed E-state index contributed by atoms with van der Waals surface area (Å²) >= 11 is 5.87. The second-order valence-electron chi connectivity index (χ2n) is 3.98. The van der Waals surface area contributed by atoms with E-state index in [0.717, 1.165) is 5.02 Å². The number of rotatable bonds is 2. The van der Waals surface area contributed by atoms with Crippen LogP contribution in [0.4, 0.5) is 0 Å². The maximum atomic E-state index is 5.87. The molecule has 2 unspecified atom stereocenters. The van der Waals surface area contributed by atoms with Crippen molar-refractivity contribution in [3.63, 3.8) is 0 Å². The molecule has 1 aliphatic rings. The van der Waals surface area contributed by atoms with Crippen LogP contribution in [0.2, 0.25) is 5.02 Å². The van der Waals surface area contributed by atoms with E-state index >= 15 is 0 Å². The summed E-state index contributed by atoms with van der Waals surface area (Å²) in [6, 6.07) is 8.94. The Balaban J connectivity index is 2.17. The quantitative estimate of drug-likeness (QED) is 0.789. The summed E-state index contributed by atoms with van der Waals surface area (Å²) in [5.41, 5.74) is 1.42. The second-order valence-corrected chi connectivity index (χ2v) is 4.42. The van der Waals surface area contributed by atoms with Gasteiger partial charge in [-0.3, -0.25) is 0 Å². The van der Waals surface area contributed by atoms with Gasteiger partial charge in [0.05, 0.1) is 0 Å². The molecule has 0 aliphatic heterocycles. The van der Waals surface area contributed by atoms with Crippen LogP contribution in [0.1, 0.15) is 30.7 Å². The number of hydrogen-bond donors (Lipinski definition) is 1. The topological polar surface area (TPSA) is 12.0 Å². The van der Waals surface area contributed by atoms with Gasteiger partial charge < -0.3 is 5.32 Å². The lowest BCUT2D eigenvalue weighted by atomic mass is 9.94. The van der Waals surface area contributed by atoms with Crippen LogP contribution in [0.25, 0.3) is 0 Å². The Morgan fingerprint density at radius 1 is 1.21 bits per heavy atom. The van der Waals surface area contributed by atoms with Gasteiger partial charge in [0.2, 0.25) is 0 Å². The predicted molar refractivity (Wildman–Crippen MR) is 60.9 cm³/mol. The molecule has 1 fully saturated rings. The molecule has 0 spiro atoms. The van der Waals surface area contributed by atoms with Crippen molar-refractivity contribution in [1.82, 2.24) is 5.32 Å². The summed E-state index contributed by atoms with van der Waals surface area (Å²) in [7, 11) is 2.05. The zero-order chi connectivity index (χ0) is 9.97. The monoisotopic (exact) mass is 209 g/mol. The van der Waals surface area contributed by atoms with Crippen molar-refractivity contribution in [2.45, 2.75) is 31.2 Å². The maximum Gasteiger partial charge on any atom is 0.0406 e. The fourth-order valence-electron chi connectivity index (χ4n) is 2.41. The van der Waals surface area contributed by atoms with Gasteiger partial charge in [0.25, 0.3) is 0 Å². The molecule has 2 rings (SSSR count). The molecule has 2 atom stereocenters. The molecule has 1 N–H and O–H groups in total. The number of nitrogens with one attached hydrogen (secondary N) is 1. The van der Waals surface area contributed by atoms with Crippen LogP contribution in [0, 0.1) is 0 Å². The Morgan fingerprint density at radius 3 is 2.57 bits per heavy atom. The Hall–Kier alpha value is -0.530. The summed E-state index contributed by atoms with van der Waals surface area (Å²) in [5, 5.41) is 4.22. The van der Waals surface area contributed by atoms with Gasteiger partial charge in [-0.15, -0.1) is 0 Å². The summed E-state index contributed by atoms with van der Waals surface area (Å²) in [6.07, 6.45) is 3.93. The highest BCUT2D eigenvalue weighted by molar-refractivity contribution is 6.30. The molecule has 1 nitrogen and oxygen atoms in total. The Bertz CT molecular complexity index is 294. The lowest BCUT2D eigenvalue weighted by Crippen LogP contribution is -2.27. The van der Waals surface area contributed by atoms with Crippen LogP contribution >= 0.6 is 11.6 Å². The first-order valence-corrected chi connectivity index (χ1v) is 5.62. The smallest absolute Gasteiger partial charge is 0.0406 e. The van der Waals surface area contributed by atoms with Crippen LogP contribution in [-0.4, -0.2) is 13.1 Å². The fourth-order valence-corrected chi connectivity index (χ4v) is 2.54. The van der Waals surface area contributed by atoms with Crippen LogP contribution in [0.5, 0.6) is 0 Å². The van der Waals surface area contributed by atoms with Gasteiger partial charge >= 0.3 is 0 Å². The Kier molecular flexibility index (Phi) is 3.09. The highest BCUT2D eigenvalue weighted by Gasteiger charge is 2.26. The third kappa shape index (κ3) is 1.94. The molecule has 76 valence electrons. The highest BCUT2D eigenvalue weighted by atomic mass is 35.5. The molecular formula is C12H16ClN. The van der Waals surface area contributed by atoms with Crippen molar-refractivity contribution >= 4 is 11.6 Å². The number of hydrogen-bond acceptors (Lipinski definition) is 1. The molecule has 1 aliphatic carbocycles. The number of likely N-dealkylation sites (N-methyl/N-ethyl adjacent to an activating group) is 1. The van der Waals surface area contributed by atoms with Crippen LogP contribution in [0.3, 0.4) is 0 Å². The fraction of sp³-hybridized carbons (Fsp3) is 0.500. The molecule has 14 heavy (non-hydrogen) atoms. The molecule has 0 heterocycles. The normalized spacial score (nSPS) is 26.7. The van der Waals surface area contributed by atoms with Gasteiger partial charge in [-0.2, -0.15) is 0 Å². The Labute approximate surface area is 90.5 Å². The first kappa shape index (κ1) is 10.0. The zero-order valence-electron chi connectivity index (χ0n) is 8.46. The Morgan fingerprint density at radius 2 is 1.93 bits per heavy atom.